The Morgan fingerprint density at radius 2 is 1.90 bits per heavy atom. The van der Waals surface area contributed by atoms with Crippen LogP contribution in [0.15, 0.2) is 42.6 Å². The lowest BCUT2D eigenvalue weighted by Crippen LogP contribution is -2.14. The van der Waals surface area contributed by atoms with Crippen LogP contribution >= 0.6 is 0 Å². The number of benzene rings is 1. The summed E-state index contributed by atoms with van der Waals surface area (Å²) in [7, 11) is 1.48. The Kier molecular flexibility index (Phi) is 4.11. The van der Waals surface area contributed by atoms with E-state index in [0.29, 0.717) is 17.0 Å². The van der Waals surface area contributed by atoms with Gasteiger partial charge in [-0.25, -0.2) is 4.98 Å². The van der Waals surface area contributed by atoms with E-state index in [9.17, 15) is 13.2 Å². The molecule has 2 aromatic rings. The summed E-state index contributed by atoms with van der Waals surface area (Å²) in [5, 5.41) is 10.6. The summed E-state index contributed by atoms with van der Waals surface area (Å²) in [5.74, 6) is 0.504. The van der Waals surface area contributed by atoms with Crippen molar-refractivity contribution in [3.05, 3.63) is 53.9 Å². The lowest BCUT2D eigenvalue weighted by atomic mass is 10.2. The van der Waals surface area contributed by atoms with Crippen LogP contribution < -0.4 is 10.1 Å². The molecule has 0 fully saturated rings. The predicted octanol–water partition coefficient (Wildman–Crippen LogP) is 3.55. The number of ether oxygens (including phenoxy) is 1. The third kappa shape index (κ3) is 3.50. The Hall–Kier alpha value is -2.57. The number of aromatic nitrogens is 1. The SMILES string of the molecule is COc1ccccc1C(=N)Nc1ccc(C(F)(F)F)nc1. The Morgan fingerprint density at radius 1 is 1.19 bits per heavy atom. The molecule has 1 aromatic heterocycles. The van der Waals surface area contributed by atoms with Crippen molar-refractivity contribution in [2.45, 2.75) is 6.18 Å². The maximum Gasteiger partial charge on any atom is 0.433 e. The van der Waals surface area contributed by atoms with Crippen LogP contribution in [0.3, 0.4) is 0 Å². The molecule has 1 heterocycles. The summed E-state index contributed by atoms with van der Waals surface area (Å²) < 4.78 is 42.3. The summed E-state index contributed by atoms with van der Waals surface area (Å²) in [6, 6.07) is 8.94. The van der Waals surface area contributed by atoms with Gasteiger partial charge in [-0.05, 0) is 24.3 Å². The van der Waals surface area contributed by atoms with Gasteiger partial charge in [0.05, 0.1) is 24.6 Å². The van der Waals surface area contributed by atoms with Crippen LogP contribution in [0.25, 0.3) is 0 Å². The third-order valence-corrected chi connectivity index (χ3v) is 2.70. The van der Waals surface area contributed by atoms with Crippen LogP contribution in [0.1, 0.15) is 11.3 Å². The standard InChI is InChI=1S/C14H12F3N3O/c1-21-11-5-3-2-4-10(11)13(18)20-9-6-7-12(19-8-9)14(15,16)17/h2-8H,1H3,(H2,18,20). The van der Waals surface area contributed by atoms with Crippen LogP contribution in [0.5, 0.6) is 5.75 Å². The lowest BCUT2D eigenvalue weighted by Gasteiger charge is -2.12. The molecule has 2 N–H and O–H groups in total. The van der Waals surface area contributed by atoms with Gasteiger partial charge < -0.3 is 10.1 Å². The first-order valence-electron chi connectivity index (χ1n) is 5.94. The second-order valence-corrected chi connectivity index (χ2v) is 4.13. The molecule has 0 bridgehead atoms. The Bertz CT molecular complexity index is 639. The zero-order valence-corrected chi connectivity index (χ0v) is 11.0. The maximum atomic E-state index is 12.4. The molecule has 0 unspecified atom stereocenters. The first-order chi connectivity index (χ1) is 9.91. The van der Waals surface area contributed by atoms with Gasteiger partial charge in [0.1, 0.15) is 17.3 Å². The number of rotatable bonds is 3. The number of methoxy groups -OCH3 is 1. The fraction of sp³-hybridized carbons (Fsp3) is 0.143. The highest BCUT2D eigenvalue weighted by Crippen LogP contribution is 2.28. The van der Waals surface area contributed by atoms with Crippen LogP contribution in [0.2, 0.25) is 0 Å². The van der Waals surface area contributed by atoms with Gasteiger partial charge in [0, 0.05) is 0 Å². The number of anilines is 1. The van der Waals surface area contributed by atoms with Gasteiger partial charge in [-0.3, -0.25) is 5.41 Å². The zero-order chi connectivity index (χ0) is 15.5. The van der Waals surface area contributed by atoms with Crippen molar-refractivity contribution in [1.82, 2.24) is 4.98 Å². The molecule has 0 amide bonds. The Labute approximate surface area is 119 Å². The number of alkyl halides is 3. The molecule has 0 aliphatic carbocycles. The predicted molar refractivity (Wildman–Crippen MR) is 72.7 cm³/mol. The molecule has 1 aromatic carbocycles. The fourth-order valence-corrected chi connectivity index (χ4v) is 1.70. The average molecular weight is 295 g/mol. The number of nitrogens with one attached hydrogen (secondary N) is 2. The minimum Gasteiger partial charge on any atom is -0.496 e. The van der Waals surface area contributed by atoms with E-state index in [2.05, 4.69) is 10.3 Å². The van der Waals surface area contributed by atoms with Gasteiger partial charge in [0.2, 0.25) is 0 Å². The van der Waals surface area contributed by atoms with Crippen molar-refractivity contribution in [3.63, 3.8) is 0 Å². The van der Waals surface area contributed by atoms with Gasteiger partial charge in [0.15, 0.2) is 0 Å². The van der Waals surface area contributed by atoms with Crippen molar-refractivity contribution in [1.29, 1.82) is 5.41 Å². The van der Waals surface area contributed by atoms with E-state index >= 15 is 0 Å². The van der Waals surface area contributed by atoms with Crippen molar-refractivity contribution >= 4 is 11.5 Å². The highest BCUT2D eigenvalue weighted by atomic mass is 19.4. The normalized spacial score (nSPS) is 11.0. The summed E-state index contributed by atoms with van der Waals surface area (Å²) in [4.78, 5) is 3.32. The monoisotopic (exact) mass is 295 g/mol. The molecule has 0 saturated heterocycles. The van der Waals surface area contributed by atoms with E-state index in [4.69, 9.17) is 10.1 Å². The van der Waals surface area contributed by atoms with Crippen molar-refractivity contribution in [2.75, 3.05) is 12.4 Å². The Morgan fingerprint density at radius 3 is 2.48 bits per heavy atom. The zero-order valence-electron chi connectivity index (χ0n) is 11.0. The van der Waals surface area contributed by atoms with E-state index in [-0.39, 0.29) is 5.84 Å². The van der Waals surface area contributed by atoms with E-state index < -0.39 is 11.9 Å². The smallest absolute Gasteiger partial charge is 0.433 e. The highest BCUT2D eigenvalue weighted by Gasteiger charge is 2.32. The van der Waals surface area contributed by atoms with Crippen molar-refractivity contribution < 1.29 is 17.9 Å². The maximum absolute atomic E-state index is 12.4. The molecule has 0 aliphatic rings. The van der Waals surface area contributed by atoms with Gasteiger partial charge in [-0.15, -0.1) is 0 Å². The number of hydrogen-bond donors (Lipinski definition) is 2. The van der Waals surface area contributed by atoms with Crippen LogP contribution in [0.4, 0.5) is 18.9 Å². The number of nitrogens with zero attached hydrogens (tertiary/aromatic N) is 1. The number of pyridine rings is 1. The average Bonchev–Trinajstić information content (AvgIpc) is 2.46. The lowest BCUT2D eigenvalue weighted by molar-refractivity contribution is -0.141. The molecular weight excluding hydrogens is 283 g/mol. The molecule has 7 heteroatoms. The third-order valence-electron chi connectivity index (χ3n) is 2.70. The Balaban J connectivity index is 2.16. The van der Waals surface area contributed by atoms with E-state index in [1.807, 2.05) is 0 Å². The van der Waals surface area contributed by atoms with E-state index in [1.165, 1.54) is 13.2 Å². The molecule has 0 radical (unpaired) electrons. The summed E-state index contributed by atoms with van der Waals surface area (Å²) in [6.07, 6.45) is -3.44. The van der Waals surface area contributed by atoms with Gasteiger partial charge in [-0.1, -0.05) is 12.1 Å². The van der Waals surface area contributed by atoms with Gasteiger partial charge in [0.25, 0.3) is 0 Å². The molecule has 4 nitrogen and oxygen atoms in total. The quantitative estimate of drug-likeness (QED) is 0.672. The largest absolute Gasteiger partial charge is 0.496 e. The van der Waals surface area contributed by atoms with Gasteiger partial charge >= 0.3 is 6.18 Å². The molecule has 110 valence electrons. The minimum absolute atomic E-state index is 0.00834. The number of amidine groups is 1. The molecular formula is C14H12F3N3O. The number of hydrogen-bond acceptors (Lipinski definition) is 3. The second kappa shape index (κ2) is 5.82. The summed E-state index contributed by atoms with van der Waals surface area (Å²) >= 11 is 0. The topological polar surface area (TPSA) is 58.0 Å². The van der Waals surface area contributed by atoms with Crippen LogP contribution in [0, 0.1) is 5.41 Å². The molecule has 0 atom stereocenters. The van der Waals surface area contributed by atoms with Gasteiger partial charge in [-0.2, -0.15) is 13.2 Å². The van der Waals surface area contributed by atoms with Crippen LogP contribution in [-0.2, 0) is 6.18 Å². The minimum atomic E-state index is -4.48. The van der Waals surface area contributed by atoms with E-state index in [1.54, 1.807) is 24.3 Å². The van der Waals surface area contributed by atoms with E-state index in [0.717, 1.165) is 12.3 Å². The molecule has 0 spiro atoms. The molecule has 21 heavy (non-hydrogen) atoms. The molecule has 0 saturated carbocycles. The number of halogens is 3. The molecule has 2 rings (SSSR count). The highest BCUT2D eigenvalue weighted by molar-refractivity contribution is 6.07. The number of para-hydroxylation sites is 1. The first-order valence-corrected chi connectivity index (χ1v) is 5.94. The fourth-order valence-electron chi connectivity index (χ4n) is 1.70. The van der Waals surface area contributed by atoms with Crippen molar-refractivity contribution in [2.24, 2.45) is 0 Å². The van der Waals surface area contributed by atoms with Crippen molar-refractivity contribution in [3.8, 4) is 5.75 Å². The molecule has 0 aliphatic heterocycles. The summed E-state index contributed by atoms with van der Waals surface area (Å²) in [6.45, 7) is 0. The summed E-state index contributed by atoms with van der Waals surface area (Å²) in [5.41, 5.74) is -0.185. The van der Waals surface area contributed by atoms with Crippen LogP contribution in [-0.4, -0.2) is 17.9 Å². The second-order valence-electron chi connectivity index (χ2n) is 4.13. The first kappa shape index (κ1) is 14.8.